The Hall–Kier alpha value is -3.38. The van der Waals surface area contributed by atoms with E-state index in [2.05, 4.69) is 40.3 Å². The number of carboxylic acid groups (broad SMARTS) is 1. The van der Waals surface area contributed by atoms with Gasteiger partial charge in [-0.15, -0.1) is 11.3 Å². The van der Waals surface area contributed by atoms with E-state index in [1.807, 2.05) is 12.3 Å². The molecule has 4 aromatic rings. The zero-order chi connectivity index (χ0) is 23.6. The van der Waals surface area contributed by atoms with Crippen LogP contribution in [0, 0.1) is 24.7 Å². The first kappa shape index (κ1) is 21.2. The third-order valence-corrected chi connectivity index (χ3v) is 8.28. The van der Waals surface area contributed by atoms with Crippen molar-refractivity contribution < 1.29 is 14.3 Å². The molecule has 3 atom stereocenters. The molecule has 1 saturated carbocycles. The minimum atomic E-state index is -1.03. The molecule has 2 fully saturated rings. The Morgan fingerprint density at radius 2 is 2.18 bits per heavy atom. The van der Waals surface area contributed by atoms with E-state index in [9.17, 15) is 9.18 Å². The quantitative estimate of drug-likeness (QED) is 0.356. The third kappa shape index (κ3) is 3.12. The Morgan fingerprint density at radius 1 is 1.38 bits per heavy atom. The maximum atomic E-state index is 13.8. The van der Waals surface area contributed by atoms with Crippen LogP contribution in [0.25, 0.3) is 22.4 Å². The van der Waals surface area contributed by atoms with Crippen LogP contribution in [0.3, 0.4) is 0 Å². The number of hydrogen-bond acceptors (Lipinski definition) is 8. The SMILES string of the molecule is Cc1csc([C@]2(CNC(=O)O)[C@@H]3CN(c4cnc5c(-c6ccnc(F)c6Cl)n[nH]c5n4)C[C@@H]32)n1. The fraction of sp³-hybridized carbons (Fsp3) is 0.333. The predicted octanol–water partition coefficient (Wildman–Crippen LogP) is 3.24. The molecule has 2 aliphatic rings. The highest BCUT2D eigenvalue weighted by Gasteiger charge is 2.70. The van der Waals surface area contributed by atoms with Crippen molar-refractivity contribution in [3.05, 3.63) is 45.5 Å². The van der Waals surface area contributed by atoms with Gasteiger partial charge in [-0.05, 0) is 24.8 Å². The fourth-order valence-corrected chi connectivity index (χ4v) is 6.43. The van der Waals surface area contributed by atoms with Crippen molar-refractivity contribution in [2.45, 2.75) is 12.3 Å². The molecule has 1 saturated heterocycles. The summed E-state index contributed by atoms with van der Waals surface area (Å²) in [6, 6.07) is 1.58. The number of aromatic amines is 1. The van der Waals surface area contributed by atoms with Gasteiger partial charge in [-0.25, -0.2) is 24.7 Å². The van der Waals surface area contributed by atoms with Crippen molar-refractivity contribution in [3.63, 3.8) is 0 Å². The second-order valence-electron chi connectivity index (χ2n) is 8.57. The molecule has 1 aliphatic heterocycles. The van der Waals surface area contributed by atoms with Gasteiger partial charge in [0.1, 0.15) is 27.1 Å². The van der Waals surface area contributed by atoms with E-state index < -0.39 is 12.0 Å². The summed E-state index contributed by atoms with van der Waals surface area (Å²) in [6.45, 7) is 3.72. The summed E-state index contributed by atoms with van der Waals surface area (Å²) in [6.07, 6.45) is 1.96. The van der Waals surface area contributed by atoms with Crippen molar-refractivity contribution in [1.82, 2.24) is 35.5 Å². The van der Waals surface area contributed by atoms with Gasteiger partial charge in [-0.1, -0.05) is 11.6 Å². The lowest BCUT2D eigenvalue weighted by atomic mass is 10.0. The first-order valence-electron chi connectivity index (χ1n) is 10.5. The van der Waals surface area contributed by atoms with Crippen LogP contribution in [-0.2, 0) is 5.41 Å². The number of aryl methyl sites for hydroxylation is 1. The maximum Gasteiger partial charge on any atom is 0.404 e. The monoisotopic (exact) mass is 500 g/mol. The summed E-state index contributed by atoms with van der Waals surface area (Å²) >= 11 is 7.65. The number of piperidine rings is 1. The van der Waals surface area contributed by atoms with Gasteiger partial charge >= 0.3 is 6.09 Å². The van der Waals surface area contributed by atoms with Crippen LogP contribution in [0.4, 0.5) is 15.0 Å². The van der Waals surface area contributed by atoms with Gasteiger partial charge in [-0.2, -0.15) is 9.49 Å². The van der Waals surface area contributed by atoms with E-state index in [1.165, 1.54) is 6.20 Å². The number of thiazole rings is 1. The zero-order valence-corrected chi connectivity index (χ0v) is 19.4. The van der Waals surface area contributed by atoms with Gasteiger partial charge in [0.2, 0.25) is 5.95 Å². The molecule has 0 radical (unpaired) electrons. The molecule has 0 aromatic carbocycles. The standard InChI is InChI=1S/C21H18ClFN8O2S/c1-9-7-34-19(27-9)21(8-26-20(32)33)11-5-31(6-12(11)21)13-4-25-16-15(29-30-18(16)28-13)10-2-3-24-17(23)14(10)22/h2-4,7,11-12,26H,5-6,8H2,1H3,(H,32,33)(H,28,29,30)/t11-,12+,21-. The number of fused-ring (bicyclic) bond motifs is 2. The molecule has 0 bridgehead atoms. The van der Waals surface area contributed by atoms with Crippen molar-refractivity contribution in [2.24, 2.45) is 11.8 Å². The van der Waals surface area contributed by atoms with Gasteiger partial charge in [0.25, 0.3) is 0 Å². The van der Waals surface area contributed by atoms with Crippen LogP contribution in [0.5, 0.6) is 0 Å². The summed E-state index contributed by atoms with van der Waals surface area (Å²) < 4.78 is 13.8. The first-order valence-corrected chi connectivity index (χ1v) is 11.8. The normalized spacial score (nSPS) is 23.3. The summed E-state index contributed by atoms with van der Waals surface area (Å²) in [7, 11) is 0. The number of nitrogens with zero attached hydrogens (tertiary/aromatic N) is 6. The topological polar surface area (TPSA) is 133 Å². The van der Waals surface area contributed by atoms with Gasteiger partial charge in [-0.3, -0.25) is 5.10 Å². The molecule has 1 aliphatic carbocycles. The molecule has 0 unspecified atom stereocenters. The molecular weight excluding hydrogens is 483 g/mol. The smallest absolute Gasteiger partial charge is 0.404 e. The largest absolute Gasteiger partial charge is 0.465 e. The van der Waals surface area contributed by atoms with Crippen molar-refractivity contribution in [1.29, 1.82) is 0 Å². The summed E-state index contributed by atoms with van der Waals surface area (Å²) in [5, 5.41) is 21.7. The Bertz CT molecular complexity index is 1430. The lowest BCUT2D eigenvalue weighted by molar-refractivity contribution is 0.192. The van der Waals surface area contributed by atoms with E-state index in [0.717, 1.165) is 10.7 Å². The van der Waals surface area contributed by atoms with Crippen LogP contribution in [0.2, 0.25) is 5.02 Å². The predicted molar refractivity (Wildman–Crippen MR) is 124 cm³/mol. The van der Waals surface area contributed by atoms with Crippen LogP contribution in [0.1, 0.15) is 10.7 Å². The average Bonchev–Trinajstić information content (AvgIpc) is 3.31. The molecule has 4 aromatic heterocycles. The van der Waals surface area contributed by atoms with E-state index in [0.29, 0.717) is 47.9 Å². The lowest BCUT2D eigenvalue weighted by Gasteiger charge is -2.26. The van der Waals surface area contributed by atoms with Gasteiger partial charge in [0.05, 0.1) is 6.20 Å². The number of hydrogen-bond donors (Lipinski definition) is 3. The fourth-order valence-electron chi connectivity index (χ4n) is 5.10. The van der Waals surface area contributed by atoms with E-state index in [-0.39, 0.29) is 22.3 Å². The molecule has 5 heterocycles. The number of amides is 1. The Labute approximate surface area is 201 Å². The van der Waals surface area contributed by atoms with Crippen molar-refractivity contribution >= 4 is 46.0 Å². The number of pyridine rings is 1. The van der Waals surface area contributed by atoms with Crippen LogP contribution >= 0.6 is 22.9 Å². The highest BCUT2D eigenvalue weighted by Crippen LogP contribution is 2.64. The lowest BCUT2D eigenvalue weighted by Crippen LogP contribution is -2.39. The summed E-state index contributed by atoms with van der Waals surface area (Å²) in [5.41, 5.74) is 2.41. The number of rotatable bonds is 5. The summed E-state index contributed by atoms with van der Waals surface area (Å²) in [5.74, 6) is 0.446. The second kappa shape index (κ2) is 7.57. The first-order chi connectivity index (χ1) is 16.4. The molecule has 1 amide bonds. The molecule has 0 spiro atoms. The van der Waals surface area contributed by atoms with E-state index in [1.54, 1.807) is 23.6 Å². The summed E-state index contributed by atoms with van der Waals surface area (Å²) in [4.78, 5) is 30.8. The van der Waals surface area contributed by atoms with Crippen LogP contribution in [-0.4, -0.2) is 61.0 Å². The minimum Gasteiger partial charge on any atom is -0.465 e. The Kier molecular flexibility index (Phi) is 4.71. The van der Waals surface area contributed by atoms with Gasteiger partial charge < -0.3 is 15.3 Å². The number of aromatic nitrogens is 6. The molecule has 13 heteroatoms. The number of anilines is 1. The molecule has 3 N–H and O–H groups in total. The Balaban J connectivity index is 1.26. The highest BCUT2D eigenvalue weighted by molar-refractivity contribution is 7.09. The number of halogens is 2. The van der Waals surface area contributed by atoms with Crippen molar-refractivity contribution in [3.8, 4) is 11.3 Å². The number of nitrogens with one attached hydrogen (secondary N) is 2. The molecule has 174 valence electrons. The van der Waals surface area contributed by atoms with Crippen LogP contribution < -0.4 is 10.2 Å². The minimum absolute atomic E-state index is 0.120. The highest BCUT2D eigenvalue weighted by atomic mass is 35.5. The Morgan fingerprint density at radius 3 is 2.88 bits per heavy atom. The van der Waals surface area contributed by atoms with E-state index in [4.69, 9.17) is 16.7 Å². The maximum absolute atomic E-state index is 13.8. The molecule has 6 rings (SSSR count). The molecule has 34 heavy (non-hydrogen) atoms. The van der Waals surface area contributed by atoms with Gasteiger partial charge in [0.15, 0.2) is 5.65 Å². The second-order valence-corrected chi connectivity index (χ2v) is 9.81. The average molecular weight is 501 g/mol. The van der Waals surface area contributed by atoms with E-state index >= 15 is 0 Å². The van der Waals surface area contributed by atoms with Crippen molar-refractivity contribution in [2.75, 3.05) is 24.5 Å². The molecule has 10 nitrogen and oxygen atoms in total. The number of H-pyrrole nitrogens is 1. The zero-order valence-electron chi connectivity index (χ0n) is 17.8. The van der Waals surface area contributed by atoms with Gasteiger partial charge in [0, 0.05) is 47.9 Å². The van der Waals surface area contributed by atoms with Crippen LogP contribution in [0.15, 0.2) is 23.8 Å². The number of carbonyl (C=O) groups is 1. The third-order valence-electron chi connectivity index (χ3n) is 6.77. The molecular formula is C21H18ClFN8O2S.